The number of hydrogen-bond acceptors (Lipinski definition) is 7. The van der Waals surface area contributed by atoms with Gasteiger partial charge in [-0.25, -0.2) is 34.9 Å². The Morgan fingerprint density at radius 2 is 0.434 bits per heavy atom. The summed E-state index contributed by atoms with van der Waals surface area (Å²) in [6.07, 6.45) is 0. The van der Waals surface area contributed by atoms with Crippen LogP contribution in [0.25, 0.3) is 190 Å². The fraction of sp³-hybridized carbons (Fsp3) is 0. The minimum Gasteiger partial charge on any atom is -0.307 e. The minimum absolute atomic E-state index is 0.640. The van der Waals surface area contributed by atoms with Gasteiger partial charge in [-0.15, -0.1) is 0 Å². The molecule has 0 spiro atoms. The summed E-state index contributed by atoms with van der Waals surface area (Å²) in [5.74, 6) is 2.65. The van der Waals surface area contributed by atoms with Crippen LogP contribution in [-0.4, -0.2) is 44.0 Å². The second-order valence-corrected chi connectivity index (χ2v) is 26.3. The maximum absolute atomic E-state index is 5.27. The monoisotopic (exact) mass is 1350 g/mol. The van der Waals surface area contributed by atoms with Crippen molar-refractivity contribution in [2.75, 3.05) is 0 Å². The van der Waals surface area contributed by atoms with Gasteiger partial charge < -0.3 is 9.13 Å². The van der Waals surface area contributed by atoms with E-state index < -0.39 is 0 Å². The lowest BCUT2D eigenvalue weighted by Gasteiger charge is -2.13. The molecule has 0 amide bonds. The molecule has 106 heavy (non-hydrogen) atoms. The number of benzene rings is 14. The molecular weight excluding hydrogens is 1290 g/mol. The Labute approximate surface area is 612 Å². The SMILES string of the molecule is c1ccc(-c2cc(-c3ccc(-c4ccc(-n5c6ccccc6c6c7ccccc7nc(-c7ccccc7)c65)cc4)cc3)nc(-c3ccccc3)n2)cc1.c1ccc(-c2nc(-c3ccccc3)nc(-c3ccc(-c4ccc(-n5c6ccccc6c6c7ccccc7nc(-c7ccccc7)c65)cc4)cc3)n2)cc1. The first kappa shape index (κ1) is 62.6. The molecule has 0 aliphatic carbocycles. The van der Waals surface area contributed by atoms with Crippen LogP contribution in [-0.2, 0) is 0 Å². The molecule has 9 heteroatoms. The van der Waals surface area contributed by atoms with Crippen LogP contribution in [0.1, 0.15) is 0 Å². The summed E-state index contributed by atoms with van der Waals surface area (Å²) in [7, 11) is 0. The Kier molecular flexibility index (Phi) is 16.0. The van der Waals surface area contributed by atoms with Crippen LogP contribution in [0.15, 0.2) is 382 Å². The van der Waals surface area contributed by atoms with Crippen LogP contribution < -0.4 is 0 Å². The molecule has 0 N–H and O–H groups in total. The van der Waals surface area contributed by atoms with Crippen molar-refractivity contribution < 1.29 is 0 Å². The molecule has 0 radical (unpaired) electrons. The van der Waals surface area contributed by atoms with E-state index in [-0.39, 0.29) is 0 Å². The molecule has 0 saturated heterocycles. The van der Waals surface area contributed by atoms with Crippen LogP contribution in [0.2, 0.25) is 0 Å². The van der Waals surface area contributed by atoms with Crippen molar-refractivity contribution in [2.45, 2.75) is 0 Å². The largest absolute Gasteiger partial charge is 0.307 e. The maximum atomic E-state index is 5.27. The Morgan fingerprint density at radius 3 is 0.802 bits per heavy atom. The Balaban J connectivity index is 0.000000145. The molecule has 0 aliphatic heterocycles. The molecule has 20 aromatic rings. The second kappa shape index (κ2) is 27.2. The van der Waals surface area contributed by atoms with Gasteiger partial charge in [-0.3, -0.25) is 0 Å². The normalized spacial score (nSPS) is 11.4. The van der Waals surface area contributed by atoms with E-state index in [1.165, 1.54) is 21.5 Å². The molecule has 0 atom stereocenters. The quantitative estimate of drug-likeness (QED) is 0.120. The Hall–Kier alpha value is -14.4. The van der Waals surface area contributed by atoms with Gasteiger partial charge in [0.05, 0.1) is 55.9 Å². The molecule has 0 unspecified atom stereocenters. The average molecular weight is 1350 g/mol. The highest BCUT2D eigenvalue weighted by Gasteiger charge is 2.24. The maximum Gasteiger partial charge on any atom is 0.164 e. The molecule has 6 heterocycles. The number of aromatic nitrogens is 9. The lowest BCUT2D eigenvalue weighted by molar-refractivity contribution is 1.07. The number of nitrogens with zero attached hydrogens (tertiary/aromatic N) is 9. The van der Waals surface area contributed by atoms with Gasteiger partial charge in [-0.1, -0.05) is 328 Å². The fourth-order valence-corrected chi connectivity index (χ4v) is 14.8. The third-order valence-electron chi connectivity index (χ3n) is 19.9. The fourth-order valence-electron chi connectivity index (χ4n) is 14.8. The average Bonchev–Trinajstić information content (AvgIpc) is 1.59. The number of rotatable bonds is 12. The van der Waals surface area contributed by atoms with Gasteiger partial charge in [0.2, 0.25) is 0 Å². The van der Waals surface area contributed by atoms with E-state index in [0.717, 1.165) is 145 Å². The third kappa shape index (κ3) is 11.7. The van der Waals surface area contributed by atoms with E-state index in [1.807, 2.05) is 97.1 Å². The van der Waals surface area contributed by atoms with Crippen molar-refractivity contribution in [1.29, 1.82) is 0 Å². The minimum atomic E-state index is 0.640. The molecule has 20 rings (SSSR count). The van der Waals surface area contributed by atoms with Crippen molar-refractivity contribution in [2.24, 2.45) is 0 Å². The van der Waals surface area contributed by atoms with Crippen molar-refractivity contribution >= 4 is 65.4 Å². The molecular formula is C97H63N9. The predicted octanol–water partition coefficient (Wildman–Crippen LogP) is 24.3. The van der Waals surface area contributed by atoms with E-state index in [2.05, 4.69) is 294 Å². The first-order chi connectivity index (χ1) is 52.6. The van der Waals surface area contributed by atoms with Gasteiger partial charge in [0.25, 0.3) is 0 Å². The highest BCUT2D eigenvalue weighted by Crippen LogP contribution is 2.44. The lowest BCUT2D eigenvalue weighted by atomic mass is 10.0. The molecule has 496 valence electrons. The second-order valence-electron chi connectivity index (χ2n) is 26.3. The number of fused-ring (bicyclic) bond motifs is 10. The first-order valence-corrected chi connectivity index (χ1v) is 35.6. The van der Waals surface area contributed by atoms with Gasteiger partial charge in [0.15, 0.2) is 23.3 Å². The van der Waals surface area contributed by atoms with Crippen molar-refractivity contribution in [1.82, 2.24) is 44.0 Å². The Bertz CT molecular complexity index is 6090. The summed E-state index contributed by atoms with van der Waals surface area (Å²) in [5, 5.41) is 7.17. The van der Waals surface area contributed by atoms with Gasteiger partial charge in [-0.2, -0.15) is 0 Å². The van der Waals surface area contributed by atoms with E-state index in [9.17, 15) is 0 Å². The summed E-state index contributed by atoms with van der Waals surface area (Å²) in [6.45, 7) is 0. The van der Waals surface area contributed by atoms with Gasteiger partial charge >= 0.3 is 0 Å². The molecule has 0 saturated carbocycles. The highest BCUT2D eigenvalue weighted by atomic mass is 15.0. The van der Waals surface area contributed by atoms with Crippen molar-refractivity contribution in [3.05, 3.63) is 382 Å². The van der Waals surface area contributed by atoms with Crippen molar-refractivity contribution in [3.63, 3.8) is 0 Å². The number of para-hydroxylation sites is 4. The Morgan fingerprint density at radius 1 is 0.179 bits per heavy atom. The highest BCUT2D eigenvalue weighted by molar-refractivity contribution is 6.25. The standard InChI is InChI=1S/C49H32N4.C48H31N5/c1-4-14-35(15-5-1)43-32-44(52-49(51-43)38-18-8-3-9-19-38)36-26-24-33(25-27-36)34-28-30-39(31-29-34)53-45-23-13-11-21-41(45)46-40-20-10-12-22-42(40)50-47(48(46)53)37-16-6-2-7-17-37;1-4-14-34(15-5-1)44-45-43(39-20-10-12-22-41(39)49-44)40-21-11-13-23-42(40)53(45)38-30-28-33(29-31-38)32-24-26-37(27-25-32)48-51-46(35-16-6-2-7-17-35)50-47(52-48)36-18-8-3-9-19-36/h1-32H;1-31H. The number of pyridine rings is 2. The van der Waals surface area contributed by atoms with Crippen molar-refractivity contribution in [3.8, 4) is 124 Å². The topological polar surface area (TPSA) is 100 Å². The zero-order valence-electron chi connectivity index (χ0n) is 57.4. The van der Waals surface area contributed by atoms with Gasteiger partial charge in [-0.05, 0) is 76.9 Å². The van der Waals surface area contributed by atoms with Gasteiger partial charge in [0, 0.05) is 88.2 Å². The summed E-state index contributed by atoms with van der Waals surface area (Å²) >= 11 is 0. The molecule has 0 aliphatic rings. The van der Waals surface area contributed by atoms with E-state index in [1.54, 1.807) is 0 Å². The molecule has 9 nitrogen and oxygen atoms in total. The smallest absolute Gasteiger partial charge is 0.164 e. The molecule has 0 fully saturated rings. The summed E-state index contributed by atoms with van der Waals surface area (Å²) in [5.41, 5.74) is 25.1. The van der Waals surface area contributed by atoms with Crippen LogP contribution in [0.4, 0.5) is 0 Å². The van der Waals surface area contributed by atoms with E-state index >= 15 is 0 Å². The first-order valence-electron chi connectivity index (χ1n) is 35.6. The molecule has 14 aromatic carbocycles. The zero-order valence-corrected chi connectivity index (χ0v) is 57.4. The zero-order chi connectivity index (χ0) is 70.3. The van der Waals surface area contributed by atoms with Crippen LogP contribution in [0.3, 0.4) is 0 Å². The van der Waals surface area contributed by atoms with Gasteiger partial charge in [0.1, 0.15) is 0 Å². The van der Waals surface area contributed by atoms with E-state index in [0.29, 0.717) is 23.3 Å². The van der Waals surface area contributed by atoms with Crippen LogP contribution in [0, 0.1) is 0 Å². The van der Waals surface area contributed by atoms with E-state index in [4.69, 9.17) is 34.9 Å². The third-order valence-corrected chi connectivity index (χ3v) is 19.9. The summed E-state index contributed by atoms with van der Waals surface area (Å²) in [6, 6.07) is 133. The summed E-state index contributed by atoms with van der Waals surface area (Å²) in [4.78, 5) is 35.2. The lowest BCUT2D eigenvalue weighted by Crippen LogP contribution is -2.00. The summed E-state index contributed by atoms with van der Waals surface area (Å²) < 4.78 is 4.75. The number of hydrogen-bond donors (Lipinski definition) is 0. The molecule has 0 bridgehead atoms. The molecule has 6 aromatic heterocycles. The van der Waals surface area contributed by atoms with Crippen LogP contribution in [0.5, 0.6) is 0 Å². The predicted molar refractivity (Wildman–Crippen MR) is 435 cm³/mol. The van der Waals surface area contributed by atoms with Crippen LogP contribution >= 0.6 is 0 Å².